The molecule has 0 radical (unpaired) electrons. The summed E-state index contributed by atoms with van der Waals surface area (Å²) in [5, 5.41) is 16.1. The molecular formula is C19H15N3O3. The molecule has 2 aromatic carbocycles. The van der Waals surface area contributed by atoms with Gasteiger partial charge < -0.3 is 14.9 Å². The van der Waals surface area contributed by atoms with E-state index in [1.807, 2.05) is 24.3 Å². The first kappa shape index (κ1) is 15.1. The second-order valence-corrected chi connectivity index (χ2v) is 5.77. The molecule has 25 heavy (non-hydrogen) atoms. The van der Waals surface area contributed by atoms with Crippen molar-refractivity contribution in [3.05, 3.63) is 77.0 Å². The van der Waals surface area contributed by atoms with Crippen LogP contribution in [-0.2, 0) is 6.54 Å². The molecule has 6 nitrogen and oxygen atoms in total. The summed E-state index contributed by atoms with van der Waals surface area (Å²) in [7, 11) is 0. The number of rotatable bonds is 3. The summed E-state index contributed by atoms with van der Waals surface area (Å²) in [5.74, 6) is -0.391. The van der Waals surface area contributed by atoms with Crippen molar-refractivity contribution in [2.75, 3.05) is 0 Å². The molecule has 0 saturated carbocycles. The zero-order chi connectivity index (χ0) is 17.4. The van der Waals surface area contributed by atoms with Crippen molar-refractivity contribution < 1.29 is 13.9 Å². The van der Waals surface area contributed by atoms with Crippen molar-refractivity contribution >= 4 is 27.9 Å². The Morgan fingerprint density at radius 1 is 1.20 bits per heavy atom. The molecule has 0 saturated heterocycles. The SMILES string of the molecule is Cc1c(C(=O)NCc2coc3ccccc23)nc2ccccc2[n+]1[O-]. The molecule has 124 valence electrons. The molecule has 0 bridgehead atoms. The first-order valence-corrected chi connectivity index (χ1v) is 7.87. The van der Waals surface area contributed by atoms with Crippen LogP contribution < -0.4 is 10.0 Å². The van der Waals surface area contributed by atoms with Gasteiger partial charge in [-0.1, -0.05) is 30.3 Å². The van der Waals surface area contributed by atoms with E-state index in [9.17, 15) is 10.0 Å². The Labute approximate surface area is 143 Å². The fourth-order valence-electron chi connectivity index (χ4n) is 2.85. The number of amides is 1. The number of carbonyl (C=O) groups excluding carboxylic acids is 1. The van der Waals surface area contributed by atoms with E-state index in [2.05, 4.69) is 10.3 Å². The van der Waals surface area contributed by atoms with Crippen LogP contribution in [0, 0.1) is 12.1 Å². The van der Waals surface area contributed by atoms with Crippen LogP contribution >= 0.6 is 0 Å². The van der Waals surface area contributed by atoms with Crippen LogP contribution in [0.2, 0.25) is 0 Å². The van der Waals surface area contributed by atoms with Gasteiger partial charge in [-0.2, -0.15) is 4.73 Å². The van der Waals surface area contributed by atoms with Crippen LogP contribution in [0.15, 0.2) is 59.2 Å². The summed E-state index contributed by atoms with van der Waals surface area (Å²) in [4.78, 5) is 16.9. The Morgan fingerprint density at radius 3 is 2.84 bits per heavy atom. The number of carbonyl (C=O) groups is 1. The molecule has 0 aliphatic heterocycles. The van der Waals surface area contributed by atoms with Gasteiger partial charge in [0.15, 0.2) is 5.69 Å². The van der Waals surface area contributed by atoms with E-state index >= 15 is 0 Å². The van der Waals surface area contributed by atoms with E-state index < -0.39 is 5.91 Å². The number of nitrogens with zero attached hydrogens (tertiary/aromatic N) is 2. The average Bonchev–Trinajstić information content (AvgIpc) is 3.06. The Balaban J connectivity index is 1.63. The number of hydrogen-bond acceptors (Lipinski definition) is 4. The van der Waals surface area contributed by atoms with Crippen molar-refractivity contribution in [3.63, 3.8) is 0 Å². The smallest absolute Gasteiger partial charge is 0.276 e. The highest BCUT2D eigenvalue weighted by Gasteiger charge is 2.21. The van der Waals surface area contributed by atoms with E-state index in [0.717, 1.165) is 21.3 Å². The maximum Gasteiger partial charge on any atom is 0.276 e. The highest BCUT2D eigenvalue weighted by atomic mass is 16.5. The van der Waals surface area contributed by atoms with Gasteiger partial charge >= 0.3 is 0 Å². The molecule has 0 fully saturated rings. The lowest BCUT2D eigenvalue weighted by molar-refractivity contribution is -0.584. The predicted molar refractivity (Wildman–Crippen MR) is 92.8 cm³/mol. The van der Waals surface area contributed by atoms with Crippen molar-refractivity contribution in [3.8, 4) is 0 Å². The lowest BCUT2D eigenvalue weighted by Gasteiger charge is -2.09. The first-order valence-electron chi connectivity index (χ1n) is 7.87. The summed E-state index contributed by atoms with van der Waals surface area (Å²) in [6, 6.07) is 14.6. The van der Waals surface area contributed by atoms with Gasteiger partial charge in [-0.15, -0.1) is 0 Å². The number of furan rings is 1. The number of hydrogen-bond donors (Lipinski definition) is 1. The molecule has 0 aliphatic rings. The number of benzene rings is 2. The summed E-state index contributed by atoms with van der Waals surface area (Å²) in [5.41, 5.74) is 2.97. The van der Waals surface area contributed by atoms with Gasteiger partial charge in [-0.3, -0.25) is 4.79 Å². The molecular weight excluding hydrogens is 318 g/mol. The van der Waals surface area contributed by atoms with E-state index in [4.69, 9.17) is 4.42 Å². The summed E-state index contributed by atoms with van der Waals surface area (Å²) < 4.78 is 6.21. The van der Waals surface area contributed by atoms with E-state index in [0.29, 0.717) is 17.6 Å². The van der Waals surface area contributed by atoms with Crippen LogP contribution in [0.25, 0.3) is 22.0 Å². The van der Waals surface area contributed by atoms with Crippen LogP contribution in [0.3, 0.4) is 0 Å². The quantitative estimate of drug-likeness (QED) is 0.462. The predicted octanol–water partition coefficient (Wildman–Crippen LogP) is 2.85. The Morgan fingerprint density at radius 2 is 1.96 bits per heavy atom. The summed E-state index contributed by atoms with van der Waals surface area (Å²) in [6.45, 7) is 1.89. The monoisotopic (exact) mass is 333 g/mol. The third-order valence-corrected chi connectivity index (χ3v) is 4.20. The van der Waals surface area contributed by atoms with Gasteiger partial charge in [0, 0.05) is 30.5 Å². The normalized spacial score (nSPS) is 11.1. The number of para-hydroxylation sites is 3. The molecule has 0 unspecified atom stereocenters. The third kappa shape index (κ3) is 2.57. The summed E-state index contributed by atoms with van der Waals surface area (Å²) in [6.07, 6.45) is 1.62. The highest BCUT2D eigenvalue weighted by molar-refractivity contribution is 5.94. The molecule has 2 aromatic heterocycles. The van der Waals surface area contributed by atoms with Gasteiger partial charge in [0.1, 0.15) is 11.1 Å². The van der Waals surface area contributed by atoms with Crippen molar-refractivity contribution in [2.45, 2.75) is 13.5 Å². The van der Waals surface area contributed by atoms with E-state index in [1.54, 1.807) is 37.5 Å². The second-order valence-electron chi connectivity index (χ2n) is 5.77. The topological polar surface area (TPSA) is 82.1 Å². The van der Waals surface area contributed by atoms with Gasteiger partial charge in [0.2, 0.25) is 11.2 Å². The van der Waals surface area contributed by atoms with Gasteiger partial charge in [0.25, 0.3) is 5.91 Å². The van der Waals surface area contributed by atoms with E-state index in [-0.39, 0.29) is 11.4 Å². The van der Waals surface area contributed by atoms with Gasteiger partial charge in [-0.25, -0.2) is 4.98 Å². The minimum Gasteiger partial charge on any atom is -0.618 e. The number of fused-ring (bicyclic) bond motifs is 2. The van der Waals surface area contributed by atoms with Gasteiger partial charge in [0.05, 0.1) is 6.26 Å². The standard InChI is InChI=1S/C19H15N3O3/c1-12-18(21-15-7-3-4-8-16(15)22(12)24)19(23)20-10-13-11-25-17-9-5-2-6-14(13)17/h2-9,11H,10H2,1H3,(H,20,23). The number of nitrogens with one attached hydrogen (secondary N) is 1. The molecule has 0 spiro atoms. The first-order chi connectivity index (χ1) is 12.1. The second kappa shape index (κ2) is 5.90. The average molecular weight is 333 g/mol. The van der Waals surface area contributed by atoms with Gasteiger partial charge in [-0.05, 0) is 12.1 Å². The Hall–Kier alpha value is -3.41. The molecule has 4 aromatic rings. The fourth-order valence-corrected chi connectivity index (χ4v) is 2.85. The van der Waals surface area contributed by atoms with Crippen LogP contribution in [0.1, 0.15) is 21.7 Å². The molecule has 1 amide bonds. The van der Waals surface area contributed by atoms with Crippen molar-refractivity contribution in [2.24, 2.45) is 0 Å². The maximum absolute atomic E-state index is 12.5. The van der Waals surface area contributed by atoms with E-state index in [1.165, 1.54) is 0 Å². The fraction of sp³-hybridized carbons (Fsp3) is 0.105. The molecule has 4 rings (SSSR count). The number of aromatic nitrogens is 2. The molecule has 0 aliphatic carbocycles. The highest BCUT2D eigenvalue weighted by Crippen LogP contribution is 2.20. The largest absolute Gasteiger partial charge is 0.618 e. The van der Waals surface area contributed by atoms with Crippen LogP contribution in [0.4, 0.5) is 0 Å². The lowest BCUT2D eigenvalue weighted by atomic mass is 10.2. The molecule has 0 atom stereocenters. The van der Waals surface area contributed by atoms with Crippen LogP contribution in [-0.4, -0.2) is 10.9 Å². The Bertz CT molecular complexity index is 1100. The summed E-state index contributed by atoms with van der Waals surface area (Å²) >= 11 is 0. The van der Waals surface area contributed by atoms with Crippen LogP contribution in [0.5, 0.6) is 0 Å². The lowest BCUT2D eigenvalue weighted by Crippen LogP contribution is -2.36. The minimum absolute atomic E-state index is 0.126. The van der Waals surface area contributed by atoms with Crippen molar-refractivity contribution in [1.29, 1.82) is 0 Å². The molecule has 1 N–H and O–H groups in total. The minimum atomic E-state index is -0.391. The third-order valence-electron chi connectivity index (χ3n) is 4.20. The van der Waals surface area contributed by atoms with Crippen molar-refractivity contribution in [1.82, 2.24) is 10.3 Å². The molecule has 6 heteroatoms. The molecule has 2 heterocycles. The Kier molecular flexibility index (Phi) is 3.57. The maximum atomic E-state index is 12.5. The zero-order valence-electron chi connectivity index (χ0n) is 13.5. The zero-order valence-corrected chi connectivity index (χ0v) is 13.5.